The smallest absolute Gasteiger partial charge is 0.255 e. The van der Waals surface area contributed by atoms with E-state index in [2.05, 4.69) is 10.0 Å². The van der Waals surface area contributed by atoms with Crippen LogP contribution < -0.4 is 14.8 Å². The molecule has 8 heteroatoms. The summed E-state index contributed by atoms with van der Waals surface area (Å²) in [5.74, 6) is -0.628. The molecule has 2 aromatic rings. The van der Waals surface area contributed by atoms with Gasteiger partial charge in [-0.05, 0) is 55.3 Å². The maximum Gasteiger partial charge on any atom is 0.255 e. The highest BCUT2D eigenvalue weighted by atomic mass is 32.2. The van der Waals surface area contributed by atoms with Gasteiger partial charge in [-0.15, -0.1) is 0 Å². The number of nitrogens with one attached hydrogen (secondary N) is 2. The lowest BCUT2D eigenvalue weighted by molar-refractivity contribution is 0.102. The average Bonchev–Trinajstić information content (AvgIpc) is 3.38. The monoisotopic (exact) mass is 364 g/mol. The lowest BCUT2D eigenvalue weighted by Gasteiger charge is -2.13. The third-order valence-corrected chi connectivity index (χ3v) is 5.25. The van der Waals surface area contributed by atoms with Gasteiger partial charge in [0.25, 0.3) is 5.91 Å². The zero-order valence-electron chi connectivity index (χ0n) is 13.5. The molecule has 0 unspecified atom stereocenters. The first-order valence-corrected chi connectivity index (χ1v) is 9.14. The van der Waals surface area contributed by atoms with E-state index >= 15 is 0 Å². The normalized spacial score (nSPS) is 14.2. The fraction of sp³-hybridized carbons (Fsp3) is 0.235. The predicted octanol–water partition coefficient (Wildman–Crippen LogP) is 2.53. The van der Waals surface area contributed by atoms with Crippen LogP contribution in [-0.4, -0.2) is 27.5 Å². The molecule has 2 N–H and O–H groups in total. The van der Waals surface area contributed by atoms with Crippen molar-refractivity contribution in [3.05, 3.63) is 53.8 Å². The molecule has 0 saturated heterocycles. The Morgan fingerprint density at radius 1 is 1.16 bits per heavy atom. The summed E-state index contributed by atoms with van der Waals surface area (Å²) in [5.41, 5.74) is 0.461. The second kappa shape index (κ2) is 6.81. The molecular weight excluding hydrogens is 347 g/mol. The van der Waals surface area contributed by atoms with Crippen molar-refractivity contribution >= 4 is 21.6 Å². The number of hydrogen-bond donors (Lipinski definition) is 2. The van der Waals surface area contributed by atoms with Gasteiger partial charge >= 0.3 is 0 Å². The zero-order chi connectivity index (χ0) is 18.0. The molecule has 2 aromatic carbocycles. The standard InChI is InChI=1S/C17H17FN2O4S/c1-24-16-9-8-14(25(22,23)20-13-6-7-13)10-15(16)19-17(21)11-2-4-12(18)5-3-11/h2-5,8-10,13,20H,6-7H2,1H3,(H,19,21). The zero-order valence-corrected chi connectivity index (χ0v) is 14.3. The Morgan fingerprint density at radius 2 is 1.84 bits per heavy atom. The van der Waals surface area contributed by atoms with Crippen molar-refractivity contribution < 1.29 is 22.3 Å². The van der Waals surface area contributed by atoms with Crippen LogP contribution in [0.15, 0.2) is 47.4 Å². The van der Waals surface area contributed by atoms with Crippen LogP contribution in [0.25, 0.3) is 0 Å². The maximum atomic E-state index is 13.0. The summed E-state index contributed by atoms with van der Waals surface area (Å²) in [6.45, 7) is 0. The largest absolute Gasteiger partial charge is 0.495 e. The molecule has 0 spiro atoms. The summed E-state index contributed by atoms with van der Waals surface area (Å²) in [4.78, 5) is 12.3. The van der Waals surface area contributed by atoms with Gasteiger partial charge in [0.2, 0.25) is 10.0 Å². The number of rotatable bonds is 6. The van der Waals surface area contributed by atoms with Crippen molar-refractivity contribution in [1.29, 1.82) is 0 Å². The van der Waals surface area contributed by atoms with Crippen molar-refractivity contribution in [3.8, 4) is 5.75 Å². The van der Waals surface area contributed by atoms with Crippen LogP contribution in [0.1, 0.15) is 23.2 Å². The second-order valence-corrected chi connectivity index (χ2v) is 7.43. The number of benzene rings is 2. The van der Waals surface area contributed by atoms with E-state index in [-0.39, 0.29) is 22.2 Å². The Balaban J connectivity index is 1.87. The van der Waals surface area contributed by atoms with Crippen LogP contribution in [0.3, 0.4) is 0 Å². The van der Waals surface area contributed by atoms with Gasteiger partial charge in [0.1, 0.15) is 11.6 Å². The molecule has 0 atom stereocenters. The highest BCUT2D eigenvalue weighted by Gasteiger charge is 2.28. The molecular formula is C17H17FN2O4S. The minimum Gasteiger partial charge on any atom is -0.495 e. The second-order valence-electron chi connectivity index (χ2n) is 5.72. The van der Waals surface area contributed by atoms with Crippen LogP contribution in [0.5, 0.6) is 5.75 Å². The van der Waals surface area contributed by atoms with Gasteiger partial charge in [0, 0.05) is 11.6 Å². The van der Waals surface area contributed by atoms with E-state index in [0.717, 1.165) is 12.8 Å². The summed E-state index contributed by atoms with van der Waals surface area (Å²) in [6, 6.07) is 9.23. The molecule has 1 saturated carbocycles. The molecule has 1 aliphatic carbocycles. The van der Waals surface area contributed by atoms with Gasteiger partial charge in [-0.2, -0.15) is 0 Å². The van der Waals surface area contributed by atoms with E-state index in [0.29, 0.717) is 5.75 Å². The molecule has 1 aliphatic rings. The Kier molecular flexibility index (Phi) is 4.73. The van der Waals surface area contributed by atoms with Crippen molar-refractivity contribution in [2.24, 2.45) is 0 Å². The highest BCUT2D eigenvalue weighted by molar-refractivity contribution is 7.89. The number of sulfonamides is 1. The van der Waals surface area contributed by atoms with Crippen LogP contribution in [0.2, 0.25) is 0 Å². The summed E-state index contributed by atoms with van der Waals surface area (Å²) < 4.78 is 45.4. The van der Waals surface area contributed by atoms with E-state index in [1.54, 1.807) is 0 Å². The fourth-order valence-electron chi connectivity index (χ4n) is 2.24. The molecule has 0 radical (unpaired) electrons. The molecule has 1 amide bonds. The van der Waals surface area contributed by atoms with Gasteiger partial charge < -0.3 is 10.1 Å². The molecule has 0 bridgehead atoms. The maximum absolute atomic E-state index is 13.0. The molecule has 0 aromatic heterocycles. The van der Waals surface area contributed by atoms with E-state index in [4.69, 9.17) is 4.74 Å². The lowest BCUT2D eigenvalue weighted by Crippen LogP contribution is -2.25. The number of methoxy groups -OCH3 is 1. The Bertz CT molecular complexity index is 893. The number of carbonyl (C=O) groups is 1. The van der Waals surface area contributed by atoms with Crippen LogP contribution >= 0.6 is 0 Å². The van der Waals surface area contributed by atoms with Gasteiger partial charge in [-0.25, -0.2) is 17.5 Å². The van der Waals surface area contributed by atoms with Gasteiger partial charge in [-0.3, -0.25) is 4.79 Å². The molecule has 1 fully saturated rings. The number of anilines is 1. The quantitative estimate of drug-likeness (QED) is 0.825. The highest BCUT2D eigenvalue weighted by Crippen LogP contribution is 2.29. The van der Waals surface area contributed by atoms with Crippen molar-refractivity contribution in [1.82, 2.24) is 4.72 Å². The van der Waals surface area contributed by atoms with Crippen LogP contribution in [0.4, 0.5) is 10.1 Å². The average molecular weight is 364 g/mol. The summed E-state index contributed by atoms with van der Waals surface area (Å²) >= 11 is 0. The number of hydrogen-bond acceptors (Lipinski definition) is 4. The first kappa shape index (κ1) is 17.4. The van der Waals surface area contributed by atoms with E-state index < -0.39 is 21.7 Å². The minimum atomic E-state index is -3.66. The first-order chi connectivity index (χ1) is 11.9. The van der Waals surface area contributed by atoms with Crippen molar-refractivity contribution in [2.45, 2.75) is 23.8 Å². The van der Waals surface area contributed by atoms with Gasteiger partial charge in [0.15, 0.2) is 0 Å². The molecule has 3 rings (SSSR count). The number of halogens is 1. The predicted molar refractivity (Wildman–Crippen MR) is 90.7 cm³/mol. The van der Waals surface area contributed by atoms with Gasteiger partial charge in [-0.1, -0.05) is 0 Å². The Morgan fingerprint density at radius 3 is 2.44 bits per heavy atom. The molecule has 25 heavy (non-hydrogen) atoms. The molecule has 6 nitrogen and oxygen atoms in total. The minimum absolute atomic E-state index is 0.0237. The summed E-state index contributed by atoms with van der Waals surface area (Å²) in [7, 11) is -2.24. The summed E-state index contributed by atoms with van der Waals surface area (Å²) in [6.07, 6.45) is 1.65. The van der Waals surface area contributed by atoms with Crippen LogP contribution in [0, 0.1) is 5.82 Å². The van der Waals surface area contributed by atoms with Crippen molar-refractivity contribution in [3.63, 3.8) is 0 Å². The molecule has 132 valence electrons. The first-order valence-electron chi connectivity index (χ1n) is 7.66. The van der Waals surface area contributed by atoms with Gasteiger partial charge in [0.05, 0.1) is 17.7 Å². The SMILES string of the molecule is COc1ccc(S(=O)(=O)NC2CC2)cc1NC(=O)c1ccc(F)cc1. The van der Waals surface area contributed by atoms with Crippen LogP contribution in [-0.2, 0) is 10.0 Å². The number of ether oxygens (including phenoxy) is 1. The third kappa shape index (κ3) is 4.15. The van der Waals surface area contributed by atoms with E-state index in [1.165, 1.54) is 49.6 Å². The summed E-state index contributed by atoms with van der Waals surface area (Å²) in [5, 5.41) is 2.60. The fourth-order valence-corrected chi connectivity index (χ4v) is 3.57. The Labute approximate surface area is 145 Å². The third-order valence-electron chi connectivity index (χ3n) is 3.74. The molecule has 0 aliphatic heterocycles. The number of amides is 1. The molecule has 0 heterocycles. The van der Waals surface area contributed by atoms with E-state index in [1.807, 2.05) is 0 Å². The lowest BCUT2D eigenvalue weighted by atomic mass is 10.2. The topological polar surface area (TPSA) is 84.5 Å². The van der Waals surface area contributed by atoms with E-state index in [9.17, 15) is 17.6 Å². The number of carbonyl (C=O) groups excluding carboxylic acids is 1. The van der Waals surface area contributed by atoms with Crippen molar-refractivity contribution in [2.75, 3.05) is 12.4 Å². The Hall–Kier alpha value is -2.45.